The van der Waals surface area contributed by atoms with Crippen molar-refractivity contribution in [2.24, 2.45) is 0 Å². The van der Waals surface area contributed by atoms with Gasteiger partial charge in [0.15, 0.2) is 5.69 Å². The number of nitrogens with zero attached hydrogens (tertiary/aromatic N) is 1. The number of aromatic carboxylic acids is 1. The highest BCUT2D eigenvalue weighted by Crippen LogP contribution is 2.29. The summed E-state index contributed by atoms with van der Waals surface area (Å²) in [6.07, 6.45) is 1.49. The molecule has 8 nitrogen and oxygen atoms in total. The fraction of sp³-hybridized carbons (Fsp3) is 0.190. The van der Waals surface area contributed by atoms with Crippen molar-refractivity contribution >= 4 is 11.9 Å². The van der Waals surface area contributed by atoms with Gasteiger partial charge in [-0.05, 0) is 42.3 Å². The molecule has 0 aliphatic heterocycles. The van der Waals surface area contributed by atoms with Crippen LogP contribution in [-0.4, -0.2) is 41.4 Å². The predicted molar refractivity (Wildman–Crippen MR) is 106 cm³/mol. The van der Waals surface area contributed by atoms with Gasteiger partial charge in [-0.1, -0.05) is 18.2 Å². The van der Waals surface area contributed by atoms with E-state index in [0.717, 1.165) is 5.56 Å². The number of nitrogens with one attached hydrogen (secondary N) is 2. The lowest BCUT2D eigenvalue weighted by Crippen LogP contribution is -2.27. The van der Waals surface area contributed by atoms with Crippen LogP contribution in [0.3, 0.4) is 0 Å². The van der Waals surface area contributed by atoms with Crippen molar-refractivity contribution in [1.82, 2.24) is 15.5 Å². The van der Waals surface area contributed by atoms with Gasteiger partial charge in [-0.3, -0.25) is 9.89 Å². The number of aromatic nitrogens is 2. The summed E-state index contributed by atoms with van der Waals surface area (Å²) < 4.78 is 10.6. The second-order valence-corrected chi connectivity index (χ2v) is 6.34. The Labute approximate surface area is 167 Å². The maximum absolute atomic E-state index is 12.8. The van der Waals surface area contributed by atoms with Crippen molar-refractivity contribution in [2.45, 2.75) is 13.0 Å². The van der Waals surface area contributed by atoms with Crippen molar-refractivity contribution in [3.05, 3.63) is 65.5 Å². The molecular formula is C21H21N3O5. The number of benzene rings is 2. The average molecular weight is 395 g/mol. The van der Waals surface area contributed by atoms with Gasteiger partial charge in [0, 0.05) is 11.8 Å². The monoisotopic (exact) mass is 395 g/mol. The summed E-state index contributed by atoms with van der Waals surface area (Å²) in [7, 11) is 3.04. The van der Waals surface area contributed by atoms with E-state index in [1.807, 2.05) is 31.2 Å². The standard InChI is InChI=1S/C21H21N3O5/c1-12(13-5-4-6-15(9-13)28-2)23-20(25)16-8-7-14(10-18(16)29-3)17-11-22-24-19(17)21(26)27/h4-12H,1-3H3,(H,22,24)(H,23,25)(H,26,27). The molecule has 2 aromatic carbocycles. The van der Waals surface area contributed by atoms with Gasteiger partial charge < -0.3 is 19.9 Å². The summed E-state index contributed by atoms with van der Waals surface area (Å²) in [4.78, 5) is 24.1. The first-order valence-electron chi connectivity index (χ1n) is 8.85. The van der Waals surface area contributed by atoms with Crippen molar-refractivity contribution in [3.8, 4) is 22.6 Å². The van der Waals surface area contributed by atoms with Crippen molar-refractivity contribution in [1.29, 1.82) is 0 Å². The smallest absolute Gasteiger partial charge is 0.357 e. The van der Waals surface area contributed by atoms with Crippen LogP contribution in [0.2, 0.25) is 0 Å². The van der Waals surface area contributed by atoms with Gasteiger partial charge in [-0.25, -0.2) is 4.79 Å². The number of hydrogen-bond acceptors (Lipinski definition) is 5. The number of carbonyl (C=O) groups is 2. The minimum absolute atomic E-state index is 0.101. The Balaban J connectivity index is 1.85. The summed E-state index contributed by atoms with van der Waals surface area (Å²) in [5, 5.41) is 18.5. The molecule has 0 fully saturated rings. The number of carbonyl (C=O) groups excluding carboxylic acids is 1. The highest BCUT2D eigenvalue weighted by atomic mass is 16.5. The number of hydrogen-bond donors (Lipinski definition) is 3. The van der Waals surface area contributed by atoms with Gasteiger partial charge in [0.05, 0.1) is 25.8 Å². The number of rotatable bonds is 7. The van der Waals surface area contributed by atoms with E-state index in [9.17, 15) is 14.7 Å². The van der Waals surface area contributed by atoms with Crippen LogP contribution in [0.25, 0.3) is 11.1 Å². The van der Waals surface area contributed by atoms with E-state index in [1.54, 1.807) is 25.3 Å². The molecule has 0 bridgehead atoms. The molecule has 3 aromatic rings. The second kappa shape index (κ2) is 8.47. The molecule has 1 amide bonds. The minimum atomic E-state index is -1.14. The summed E-state index contributed by atoms with van der Waals surface area (Å²) >= 11 is 0. The molecule has 1 aromatic heterocycles. The van der Waals surface area contributed by atoms with Gasteiger partial charge >= 0.3 is 5.97 Å². The van der Waals surface area contributed by atoms with Gasteiger partial charge in [0.25, 0.3) is 5.91 Å². The minimum Gasteiger partial charge on any atom is -0.497 e. The first kappa shape index (κ1) is 19.9. The molecule has 0 saturated carbocycles. The molecule has 0 saturated heterocycles. The molecule has 150 valence electrons. The zero-order valence-corrected chi connectivity index (χ0v) is 16.2. The van der Waals surface area contributed by atoms with Crippen LogP contribution in [0.5, 0.6) is 11.5 Å². The van der Waals surface area contributed by atoms with E-state index >= 15 is 0 Å². The Hall–Kier alpha value is -3.81. The van der Waals surface area contributed by atoms with E-state index in [1.165, 1.54) is 13.3 Å². The van der Waals surface area contributed by atoms with Crippen LogP contribution >= 0.6 is 0 Å². The molecule has 3 N–H and O–H groups in total. The Kier molecular flexibility index (Phi) is 5.82. The van der Waals surface area contributed by atoms with Crippen LogP contribution in [0.15, 0.2) is 48.7 Å². The van der Waals surface area contributed by atoms with Crippen LogP contribution in [-0.2, 0) is 0 Å². The molecule has 0 spiro atoms. The van der Waals surface area contributed by atoms with E-state index in [-0.39, 0.29) is 17.6 Å². The number of H-pyrrole nitrogens is 1. The molecule has 1 unspecified atom stereocenters. The summed E-state index contributed by atoms with van der Waals surface area (Å²) in [5.41, 5.74) is 2.12. The molecule has 29 heavy (non-hydrogen) atoms. The maximum Gasteiger partial charge on any atom is 0.357 e. The maximum atomic E-state index is 12.8. The number of methoxy groups -OCH3 is 2. The third kappa shape index (κ3) is 4.21. The van der Waals surface area contributed by atoms with E-state index in [2.05, 4.69) is 15.5 Å². The van der Waals surface area contributed by atoms with Gasteiger partial charge in [0.1, 0.15) is 11.5 Å². The number of aromatic amines is 1. The fourth-order valence-electron chi connectivity index (χ4n) is 2.99. The SMILES string of the molecule is COc1cccc(C(C)NC(=O)c2ccc(-c3c[nH]nc3C(=O)O)cc2OC)c1. The first-order valence-corrected chi connectivity index (χ1v) is 8.85. The van der Waals surface area contributed by atoms with Crippen molar-refractivity contribution < 1.29 is 24.2 Å². The molecule has 0 aliphatic rings. The Morgan fingerprint density at radius 2 is 1.93 bits per heavy atom. The molecule has 1 atom stereocenters. The van der Waals surface area contributed by atoms with Gasteiger partial charge in [0.2, 0.25) is 0 Å². The number of amides is 1. The highest BCUT2D eigenvalue weighted by molar-refractivity contribution is 5.99. The third-order valence-corrected chi connectivity index (χ3v) is 4.54. The van der Waals surface area contributed by atoms with Crippen LogP contribution in [0.1, 0.15) is 39.4 Å². The van der Waals surface area contributed by atoms with Crippen LogP contribution in [0, 0.1) is 0 Å². The van der Waals surface area contributed by atoms with Crippen LogP contribution < -0.4 is 14.8 Å². The van der Waals surface area contributed by atoms with Crippen LogP contribution in [0.4, 0.5) is 0 Å². The fourth-order valence-corrected chi connectivity index (χ4v) is 2.99. The molecule has 0 radical (unpaired) electrons. The molecule has 0 aliphatic carbocycles. The quantitative estimate of drug-likeness (QED) is 0.566. The second-order valence-electron chi connectivity index (χ2n) is 6.34. The topological polar surface area (TPSA) is 114 Å². The Morgan fingerprint density at radius 1 is 1.14 bits per heavy atom. The molecule has 3 rings (SSSR count). The number of carboxylic acid groups (broad SMARTS) is 1. The predicted octanol–water partition coefficient (Wildman–Crippen LogP) is 3.28. The number of ether oxygens (including phenoxy) is 2. The van der Waals surface area contributed by atoms with Crippen molar-refractivity contribution in [2.75, 3.05) is 14.2 Å². The summed E-state index contributed by atoms with van der Waals surface area (Å²) in [6.45, 7) is 1.87. The van der Waals surface area contributed by atoms with Gasteiger partial charge in [-0.2, -0.15) is 5.10 Å². The summed E-state index contributed by atoms with van der Waals surface area (Å²) in [5.74, 6) is -0.418. The average Bonchev–Trinajstić information content (AvgIpc) is 3.23. The molecular weight excluding hydrogens is 374 g/mol. The van der Waals surface area contributed by atoms with E-state index in [4.69, 9.17) is 9.47 Å². The zero-order valence-electron chi connectivity index (χ0n) is 16.2. The summed E-state index contributed by atoms with van der Waals surface area (Å²) in [6, 6.07) is 12.1. The van der Waals surface area contributed by atoms with E-state index in [0.29, 0.717) is 28.2 Å². The largest absolute Gasteiger partial charge is 0.497 e. The highest BCUT2D eigenvalue weighted by Gasteiger charge is 2.20. The molecule has 1 heterocycles. The lowest BCUT2D eigenvalue weighted by Gasteiger charge is -2.17. The Morgan fingerprint density at radius 3 is 2.62 bits per heavy atom. The normalized spacial score (nSPS) is 11.6. The third-order valence-electron chi connectivity index (χ3n) is 4.54. The van der Waals surface area contributed by atoms with Crippen molar-refractivity contribution in [3.63, 3.8) is 0 Å². The van der Waals surface area contributed by atoms with E-state index < -0.39 is 5.97 Å². The number of carboxylic acids is 1. The Bertz CT molecular complexity index is 1040. The molecule has 8 heteroatoms. The van der Waals surface area contributed by atoms with Gasteiger partial charge in [-0.15, -0.1) is 0 Å². The first-order chi connectivity index (χ1) is 13.9. The zero-order chi connectivity index (χ0) is 21.0. The lowest BCUT2D eigenvalue weighted by molar-refractivity contribution is 0.0691. The lowest BCUT2D eigenvalue weighted by atomic mass is 10.0.